The van der Waals surface area contributed by atoms with E-state index in [1.165, 1.54) is 10.9 Å². The number of rotatable bonds is 3. The van der Waals surface area contributed by atoms with Gasteiger partial charge in [-0.05, 0) is 24.3 Å². The van der Waals surface area contributed by atoms with Crippen molar-refractivity contribution in [1.82, 2.24) is 9.78 Å². The number of carbonyl (C=O) groups is 2. The number of nitrogens with one attached hydrogen (secondary N) is 2. The predicted octanol–water partition coefficient (Wildman–Crippen LogP) is 2.85. The lowest BCUT2D eigenvalue weighted by Gasteiger charge is -2.22. The number of carbonyl (C=O) groups excluding carboxylic acids is 2. The van der Waals surface area contributed by atoms with Crippen molar-refractivity contribution in [2.24, 2.45) is 7.05 Å². The summed E-state index contributed by atoms with van der Waals surface area (Å²) in [7, 11) is 1.66. The Morgan fingerprint density at radius 1 is 1.23 bits per heavy atom. The Kier molecular flexibility index (Phi) is 4.02. The summed E-state index contributed by atoms with van der Waals surface area (Å²) >= 11 is 0. The average molecular weight is 404 g/mol. The average Bonchev–Trinajstić information content (AvgIpc) is 3.36. The van der Waals surface area contributed by atoms with Crippen LogP contribution in [0.3, 0.4) is 0 Å². The summed E-state index contributed by atoms with van der Waals surface area (Å²) in [6, 6.07) is 11.4. The van der Waals surface area contributed by atoms with Gasteiger partial charge in [0.2, 0.25) is 5.91 Å². The van der Waals surface area contributed by atoms with Crippen LogP contribution in [0.1, 0.15) is 34.2 Å². The molecular formula is C21H16N4O5. The molecule has 2 amide bonds. The minimum absolute atomic E-state index is 0.132. The highest BCUT2D eigenvalue weighted by Crippen LogP contribution is 2.41. The van der Waals surface area contributed by atoms with E-state index in [4.69, 9.17) is 8.83 Å². The lowest BCUT2D eigenvalue weighted by molar-refractivity contribution is -0.116. The highest BCUT2D eigenvalue weighted by atomic mass is 16.3. The minimum atomic E-state index is -0.617. The van der Waals surface area contributed by atoms with Gasteiger partial charge in [-0.15, -0.1) is 0 Å². The molecule has 0 saturated heterocycles. The Morgan fingerprint density at radius 2 is 2.07 bits per heavy atom. The van der Waals surface area contributed by atoms with Gasteiger partial charge in [0, 0.05) is 19.5 Å². The smallest absolute Gasteiger partial charge is 0.292 e. The van der Waals surface area contributed by atoms with Gasteiger partial charge in [-0.25, -0.2) is 0 Å². The molecule has 3 aromatic heterocycles. The molecule has 1 atom stereocenters. The maximum absolute atomic E-state index is 12.9. The molecule has 4 heterocycles. The number of amides is 2. The number of hydrogen-bond donors (Lipinski definition) is 2. The molecule has 1 aliphatic heterocycles. The molecule has 9 heteroatoms. The molecular weight excluding hydrogens is 388 g/mol. The van der Waals surface area contributed by atoms with E-state index in [0.29, 0.717) is 28.1 Å². The predicted molar refractivity (Wildman–Crippen MR) is 107 cm³/mol. The molecule has 1 aliphatic rings. The highest BCUT2D eigenvalue weighted by molar-refractivity contribution is 6.04. The third-order valence-corrected chi connectivity index (χ3v) is 5.06. The molecule has 0 aliphatic carbocycles. The molecule has 1 unspecified atom stereocenters. The molecule has 0 spiro atoms. The summed E-state index contributed by atoms with van der Waals surface area (Å²) in [5, 5.41) is 10.2. The zero-order chi connectivity index (χ0) is 20.8. The Hall–Kier alpha value is -4.14. The van der Waals surface area contributed by atoms with Crippen LogP contribution in [0.15, 0.2) is 62.4 Å². The van der Waals surface area contributed by atoms with Crippen LogP contribution >= 0.6 is 0 Å². The second-order valence-electron chi connectivity index (χ2n) is 6.98. The van der Waals surface area contributed by atoms with Crippen molar-refractivity contribution in [2.45, 2.75) is 12.3 Å². The highest BCUT2D eigenvalue weighted by Gasteiger charge is 2.35. The number of aromatic nitrogens is 2. The zero-order valence-electron chi connectivity index (χ0n) is 15.8. The van der Waals surface area contributed by atoms with Crippen LogP contribution in [0.5, 0.6) is 0 Å². The Morgan fingerprint density at radius 3 is 2.87 bits per heavy atom. The number of nitrogens with zero attached hydrogens (tertiary/aromatic N) is 2. The van der Waals surface area contributed by atoms with E-state index in [-0.39, 0.29) is 29.3 Å². The second-order valence-corrected chi connectivity index (χ2v) is 6.98. The fraction of sp³-hybridized carbons (Fsp3) is 0.143. The second kappa shape index (κ2) is 6.73. The van der Waals surface area contributed by atoms with Crippen molar-refractivity contribution in [3.05, 3.63) is 76.0 Å². The molecule has 0 saturated carbocycles. The molecule has 9 nitrogen and oxygen atoms in total. The number of fused-ring (bicyclic) bond motifs is 2. The van der Waals surface area contributed by atoms with Crippen molar-refractivity contribution in [2.75, 3.05) is 10.6 Å². The SMILES string of the molecule is Cn1nc(NC(=O)c2cc(=O)c3ccccc3o2)c2c1NC(=O)CC2c1ccco1. The summed E-state index contributed by atoms with van der Waals surface area (Å²) < 4.78 is 12.6. The maximum atomic E-state index is 12.9. The van der Waals surface area contributed by atoms with Gasteiger partial charge in [-0.1, -0.05) is 12.1 Å². The van der Waals surface area contributed by atoms with Crippen LogP contribution in [-0.4, -0.2) is 21.6 Å². The van der Waals surface area contributed by atoms with E-state index < -0.39 is 11.8 Å². The summed E-state index contributed by atoms with van der Waals surface area (Å²) in [6.07, 6.45) is 1.68. The third-order valence-electron chi connectivity index (χ3n) is 5.06. The molecule has 0 radical (unpaired) electrons. The minimum Gasteiger partial charge on any atom is -0.469 e. The molecule has 0 bridgehead atoms. The Labute approximate surface area is 169 Å². The summed E-state index contributed by atoms with van der Waals surface area (Å²) in [5.41, 5.74) is 0.633. The fourth-order valence-corrected chi connectivity index (χ4v) is 3.70. The number of furan rings is 1. The van der Waals surface area contributed by atoms with Gasteiger partial charge < -0.3 is 19.5 Å². The molecule has 2 N–H and O–H groups in total. The van der Waals surface area contributed by atoms with Crippen LogP contribution in [-0.2, 0) is 11.8 Å². The first-order chi connectivity index (χ1) is 14.5. The molecule has 150 valence electrons. The largest absolute Gasteiger partial charge is 0.469 e. The Balaban J connectivity index is 1.55. The van der Waals surface area contributed by atoms with Gasteiger partial charge in [-0.2, -0.15) is 5.10 Å². The topological polar surface area (TPSA) is 119 Å². The first-order valence-electron chi connectivity index (χ1n) is 9.25. The molecule has 1 aromatic carbocycles. The van der Waals surface area contributed by atoms with Crippen molar-refractivity contribution in [3.63, 3.8) is 0 Å². The molecule has 4 aromatic rings. The Bertz CT molecular complexity index is 1350. The number of aryl methyl sites for hydroxylation is 1. The zero-order valence-corrected chi connectivity index (χ0v) is 15.8. The van der Waals surface area contributed by atoms with Crippen molar-refractivity contribution in [3.8, 4) is 0 Å². The van der Waals surface area contributed by atoms with Crippen LogP contribution in [0.25, 0.3) is 11.0 Å². The lowest BCUT2D eigenvalue weighted by Crippen LogP contribution is -2.25. The first kappa shape index (κ1) is 17.9. The van der Waals surface area contributed by atoms with Crippen LogP contribution in [0, 0.1) is 0 Å². The van der Waals surface area contributed by atoms with Gasteiger partial charge in [0.25, 0.3) is 5.91 Å². The number of anilines is 2. The van der Waals surface area contributed by atoms with Gasteiger partial charge >= 0.3 is 0 Å². The van der Waals surface area contributed by atoms with Crippen molar-refractivity contribution >= 4 is 34.4 Å². The quantitative estimate of drug-likeness (QED) is 0.542. The van der Waals surface area contributed by atoms with Gasteiger partial charge in [0.05, 0.1) is 23.1 Å². The van der Waals surface area contributed by atoms with Crippen LogP contribution < -0.4 is 16.1 Å². The monoisotopic (exact) mass is 404 g/mol. The third kappa shape index (κ3) is 2.87. The van der Waals surface area contributed by atoms with Gasteiger partial charge in [0.15, 0.2) is 17.0 Å². The number of benzene rings is 1. The normalized spacial score (nSPS) is 15.6. The lowest BCUT2D eigenvalue weighted by atomic mass is 9.91. The number of para-hydroxylation sites is 1. The van der Waals surface area contributed by atoms with E-state index in [0.717, 1.165) is 6.07 Å². The van der Waals surface area contributed by atoms with Crippen LogP contribution in [0.2, 0.25) is 0 Å². The van der Waals surface area contributed by atoms with E-state index in [1.807, 2.05) is 0 Å². The molecule has 0 fully saturated rings. The van der Waals surface area contributed by atoms with E-state index in [2.05, 4.69) is 15.7 Å². The molecule has 5 rings (SSSR count). The summed E-state index contributed by atoms with van der Waals surface area (Å²) in [6.45, 7) is 0. The maximum Gasteiger partial charge on any atom is 0.292 e. The standard InChI is InChI=1S/C21H16N4O5/c1-25-20-18(12(9-17(27)22-20)14-7-4-8-29-14)19(24-25)23-21(28)16-10-13(26)11-5-2-3-6-15(11)30-16/h2-8,10,12H,9H2,1H3,(H,22,27)(H,23,24,28). The number of hydrogen-bond acceptors (Lipinski definition) is 6. The van der Waals surface area contributed by atoms with Crippen molar-refractivity contribution < 1.29 is 18.4 Å². The summed E-state index contributed by atoms with van der Waals surface area (Å²) in [5.74, 6) is -0.00698. The van der Waals surface area contributed by atoms with Gasteiger partial charge in [0.1, 0.15) is 17.2 Å². The van der Waals surface area contributed by atoms with E-state index in [9.17, 15) is 14.4 Å². The van der Waals surface area contributed by atoms with Crippen LogP contribution in [0.4, 0.5) is 11.6 Å². The summed E-state index contributed by atoms with van der Waals surface area (Å²) in [4.78, 5) is 37.3. The van der Waals surface area contributed by atoms with Gasteiger partial charge in [-0.3, -0.25) is 19.1 Å². The van der Waals surface area contributed by atoms with Crippen molar-refractivity contribution in [1.29, 1.82) is 0 Å². The first-order valence-corrected chi connectivity index (χ1v) is 9.25. The fourth-order valence-electron chi connectivity index (χ4n) is 3.70. The van der Waals surface area contributed by atoms with E-state index in [1.54, 1.807) is 43.4 Å². The molecule has 30 heavy (non-hydrogen) atoms. The van der Waals surface area contributed by atoms with E-state index >= 15 is 0 Å².